The number of benzene rings is 7. The fourth-order valence-corrected chi connectivity index (χ4v) is 14.1. The third-order valence-corrected chi connectivity index (χ3v) is 17.0. The lowest BCUT2D eigenvalue weighted by molar-refractivity contribution is 0.278. The molecule has 0 saturated heterocycles. The zero-order valence-electron chi connectivity index (χ0n) is 34.8. The third kappa shape index (κ3) is 5.11. The zero-order valence-corrected chi connectivity index (χ0v) is 36.4. The van der Waals surface area contributed by atoms with E-state index in [9.17, 15) is 0 Å². The van der Waals surface area contributed by atoms with Crippen molar-refractivity contribution in [3.05, 3.63) is 221 Å². The normalized spacial score (nSPS) is 22.1. The molecule has 62 heavy (non-hydrogen) atoms. The van der Waals surface area contributed by atoms with Crippen molar-refractivity contribution in [3.8, 4) is 16.9 Å². The quantitative estimate of drug-likeness (QED) is 0.171. The Morgan fingerprint density at radius 1 is 0.629 bits per heavy atom. The maximum absolute atomic E-state index is 7.34. The molecule has 0 bridgehead atoms. The lowest BCUT2D eigenvalue weighted by atomic mass is 9.76. The van der Waals surface area contributed by atoms with Crippen molar-refractivity contribution >= 4 is 71.5 Å². The average molecular weight is 834 g/mol. The second-order valence-electron chi connectivity index (χ2n) is 18.0. The Balaban J connectivity index is 0.920. The number of fused-ring (bicyclic) bond motifs is 12. The van der Waals surface area contributed by atoms with Gasteiger partial charge in [0.05, 0.1) is 10.4 Å². The van der Waals surface area contributed by atoms with Gasteiger partial charge in [0, 0.05) is 64.8 Å². The number of hydrogen-bond acceptors (Lipinski definition) is 4. The molecule has 1 aromatic heterocycles. The molecule has 0 N–H and O–H groups in total. The van der Waals surface area contributed by atoms with Gasteiger partial charge in [0.15, 0.2) is 0 Å². The van der Waals surface area contributed by atoms with Crippen molar-refractivity contribution in [2.75, 3.05) is 4.90 Å². The minimum Gasteiger partial charge on any atom is -0.482 e. The molecule has 4 atom stereocenters. The van der Waals surface area contributed by atoms with E-state index in [1.165, 1.54) is 80.7 Å². The molecule has 0 amide bonds. The number of thioether (sulfide) groups is 1. The first kappa shape index (κ1) is 36.3. The maximum atomic E-state index is 7.34. The van der Waals surface area contributed by atoms with Gasteiger partial charge in [-0.15, -0.1) is 23.1 Å². The SMILES string of the molecule is CC1(C)C2=C(c3ccccc31)C1Oc3c(cccc3N(c3ccc(-c4cccc5c4sc4ccccc45)cc3)c3ccc(C4C=CC=C5c6ccccc6SC54C)cc3)C1C=C2. The van der Waals surface area contributed by atoms with Gasteiger partial charge in [-0.2, -0.15) is 0 Å². The van der Waals surface area contributed by atoms with Crippen LogP contribution in [-0.4, -0.2) is 10.9 Å². The van der Waals surface area contributed by atoms with E-state index in [0.717, 1.165) is 22.8 Å². The van der Waals surface area contributed by atoms with Gasteiger partial charge in [0.25, 0.3) is 0 Å². The number of rotatable bonds is 5. The van der Waals surface area contributed by atoms with E-state index in [1.54, 1.807) is 0 Å². The van der Waals surface area contributed by atoms with Crippen LogP contribution in [0.4, 0.5) is 17.1 Å². The number of nitrogens with zero attached hydrogens (tertiary/aromatic N) is 1. The van der Waals surface area contributed by atoms with E-state index in [0.29, 0.717) is 0 Å². The fraction of sp³-hybridized carbons (Fsp3) is 0.138. The number of allylic oxidation sites excluding steroid dienone is 5. The molecule has 13 rings (SSSR count). The van der Waals surface area contributed by atoms with Crippen LogP contribution in [0.25, 0.3) is 42.4 Å². The summed E-state index contributed by atoms with van der Waals surface area (Å²) in [7, 11) is 0. The molecular weight excluding hydrogens is 791 g/mol. The number of para-hydroxylation sites is 1. The molecule has 7 aromatic carbocycles. The highest BCUT2D eigenvalue weighted by atomic mass is 32.2. The minimum absolute atomic E-state index is 0.0778. The molecule has 4 heteroatoms. The minimum atomic E-state index is -0.0865. The predicted octanol–water partition coefficient (Wildman–Crippen LogP) is 16.0. The average Bonchev–Trinajstić information content (AvgIpc) is 4.03. The Morgan fingerprint density at radius 3 is 2.19 bits per heavy atom. The Morgan fingerprint density at radius 2 is 1.34 bits per heavy atom. The number of hydrogen-bond donors (Lipinski definition) is 0. The molecule has 0 saturated carbocycles. The molecule has 3 heterocycles. The first-order chi connectivity index (χ1) is 30.4. The van der Waals surface area contributed by atoms with Crippen LogP contribution in [0.3, 0.4) is 0 Å². The van der Waals surface area contributed by atoms with E-state index in [2.05, 4.69) is 214 Å². The summed E-state index contributed by atoms with van der Waals surface area (Å²) in [6.45, 7) is 7.13. The standard InChI is InChI=1S/C58H43NOS2/c1-57(2)47-19-7-4-15-45(47)53-49(57)34-33-42-41-17-11-22-50(54(41)60-55(42)53)59(37-29-25-35(26-30-37)39-16-10-18-43-40-13-5-8-23-51(40)61-56(39)43)38-31-27-36(28-32-38)46-20-12-21-48-44-14-6-9-24-52(44)62-58(46,48)3/h4-34,42,46,55H,1-3H3. The molecule has 8 aromatic rings. The summed E-state index contributed by atoms with van der Waals surface area (Å²) >= 11 is 3.88. The first-order valence-electron chi connectivity index (χ1n) is 21.8. The molecular formula is C58H43NOS2. The van der Waals surface area contributed by atoms with Gasteiger partial charge >= 0.3 is 0 Å². The summed E-state index contributed by atoms with van der Waals surface area (Å²) in [6, 6.07) is 58.6. The van der Waals surface area contributed by atoms with Gasteiger partial charge in [-0.1, -0.05) is 159 Å². The Bertz CT molecular complexity index is 3310. The van der Waals surface area contributed by atoms with Gasteiger partial charge in [-0.3, -0.25) is 0 Å². The van der Waals surface area contributed by atoms with Gasteiger partial charge in [0.2, 0.25) is 0 Å². The zero-order chi connectivity index (χ0) is 41.3. The monoisotopic (exact) mass is 833 g/mol. The Kier molecular flexibility index (Phi) is 7.81. The van der Waals surface area contributed by atoms with Gasteiger partial charge in [-0.05, 0) is 93.9 Å². The highest BCUT2D eigenvalue weighted by molar-refractivity contribution is 8.01. The summed E-state index contributed by atoms with van der Waals surface area (Å²) in [5.41, 5.74) is 16.4. The predicted molar refractivity (Wildman–Crippen MR) is 263 cm³/mol. The Hall–Kier alpha value is -6.33. The van der Waals surface area contributed by atoms with Crippen LogP contribution >= 0.6 is 23.1 Å². The van der Waals surface area contributed by atoms with Gasteiger partial charge in [-0.25, -0.2) is 0 Å². The van der Waals surface area contributed by atoms with Crippen molar-refractivity contribution in [2.24, 2.45) is 0 Å². The highest BCUT2D eigenvalue weighted by Crippen LogP contribution is 2.61. The maximum Gasteiger partial charge on any atom is 0.148 e. The second-order valence-corrected chi connectivity index (χ2v) is 20.6. The van der Waals surface area contributed by atoms with Gasteiger partial charge in [0.1, 0.15) is 11.9 Å². The molecule has 3 aliphatic carbocycles. The van der Waals surface area contributed by atoms with Crippen LogP contribution in [0.5, 0.6) is 5.75 Å². The van der Waals surface area contributed by atoms with Crippen LogP contribution in [-0.2, 0) is 5.41 Å². The molecule has 2 aliphatic heterocycles. The lowest BCUT2D eigenvalue weighted by Crippen LogP contribution is -2.28. The summed E-state index contributed by atoms with van der Waals surface area (Å²) in [5.74, 6) is 1.33. The summed E-state index contributed by atoms with van der Waals surface area (Å²) in [4.78, 5) is 3.78. The smallest absolute Gasteiger partial charge is 0.148 e. The van der Waals surface area contributed by atoms with Crippen LogP contribution in [0.1, 0.15) is 60.4 Å². The number of anilines is 3. The van der Waals surface area contributed by atoms with Crippen molar-refractivity contribution in [2.45, 2.75) is 53.8 Å². The largest absolute Gasteiger partial charge is 0.482 e. The molecule has 298 valence electrons. The number of ether oxygens (including phenoxy) is 1. The summed E-state index contributed by atoms with van der Waals surface area (Å²) in [6.07, 6.45) is 11.7. The van der Waals surface area contributed by atoms with Crippen LogP contribution in [0, 0.1) is 0 Å². The van der Waals surface area contributed by atoms with Crippen molar-refractivity contribution in [1.29, 1.82) is 0 Å². The van der Waals surface area contributed by atoms with Gasteiger partial charge < -0.3 is 9.64 Å². The molecule has 0 radical (unpaired) electrons. The lowest BCUT2D eigenvalue weighted by Gasteiger charge is -2.36. The highest BCUT2D eigenvalue weighted by Gasteiger charge is 2.48. The topological polar surface area (TPSA) is 12.5 Å². The van der Waals surface area contributed by atoms with Crippen molar-refractivity contribution < 1.29 is 4.74 Å². The first-order valence-corrected chi connectivity index (χ1v) is 23.4. The molecule has 5 aliphatic rings. The van der Waals surface area contributed by atoms with E-state index in [1.807, 2.05) is 23.1 Å². The molecule has 0 fully saturated rings. The third-order valence-electron chi connectivity index (χ3n) is 14.3. The van der Waals surface area contributed by atoms with Crippen LogP contribution in [0.15, 0.2) is 199 Å². The summed E-state index contributed by atoms with van der Waals surface area (Å²) < 4.78 is 9.92. The molecule has 2 nitrogen and oxygen atoms in total. The second kappa shape index (κ2) is 13.3. The Labute approximate surface area is 371 Å². The van der Waals surface area contributed by atoms with E-state index in [4.69, 9.17) is 4.74 Å². The number of thiophene rings is 1. The van der Waals surface area contributed by atoms with Crippen molar-refractivity contribution in [1.82, 2.24) is 0 Å². The van der Waals surface area contributed by atoms with E-state index < -0.39 is 0 Å². The van der Waals surface area contributed by atoms with E-state index >= 15 is 0 Å². The fourth-order valence-electron chi connectivity index (χ4n) is 11.3. The summed E-state index contributed by atoms with van der Waals surface area (Å²) in [5, 5.41) is 2.64. The molecule has 4 unspecified atom stereocenters. The van der Waals surface area contributed by atoms with Crippen LogP contribution in [0.2, 0.25) is 0 Å². The van der Waals surface area contributed by atoms with Crippen LogP contribution < -0.4 is 9.64 Å². The van der Waals surface area contributed by atoms with Crippen molar-refractivity contribution in [3.63, 3.8) is 0 Å². The molecule has 0 spiro atoms. The van der Waals surface area contributed by atoms with E-state index in [-0.39, 0.29) is 28.1 Å².